The number of hydrogen-bond donors (Lipinski definition) is 0. The van der Waals surface area contributed by atoms with Crippen molar-refractivity contribution in [1.82, 2.24) is 15.1 Å². The Balaban J connectivity index is 1.88. The summed E-state index contributed by atoms with van der Waals surface area (Å²) < 4.78 is 5.86. The maximum Gasteiger partial charge on any atom is 0.274 e. The van der Waals surface area contributed by atoms with E-state index in [0.717, 1.165) is 17.0 Å². The third kappa shape index (κ3) is 2.86. The normalized spacial score (nSPS) is 17.6. The monoisotopic (exact) mass is 283 g/mol. The third-order valence-electron chi connectivity index (χ3n) is 3.44. The van der Waals surface area contributed by atoms with Gasteiger partial charge in [-0.3, -0.25) is 4.79 Å². The van der Waals surface area contributed by atoms with Crippen molar-refractivity contribution in [2.24, 2.45) is 0 Å². The zero-order valence-corrected chi connectivity index (χ0v) is 12.1. The standard InChI is InChI=1S/C16H17N3O2/c1-11-7-8-14(18-17-11)16(20)19-9-12(2)21-15-6-4-3-5-13(15)10-19/h3-8,12H,9-10H2,1-2H3. The Kier molecular flexibility index (Phi) is 3.56. The molecular formula is C16H17N3O2. The van der Waals surface area contributed by atoms with Crippen LogP contribution >= 0.6 is 0 Å². The molecule has 0 saturated heterocycles. The maximum absolute atomic E-state index is 12.6. The SMILES string of the molecule is Cc1ccc(C(=O)N2Cc3ccccc3OC(C)C2)nn1. The van der Waals surface area contributed by atoms with Crippen molar-refractivity contribution >= 4 is 5.91 Å². The quantitative estimate of drug-likeness (QED) is 0.805. The molecule has 5 nitrogen and oxygen atoms in total. The molecule has 2 aromatic rings. The number of fused-ring (bicyclic) bond motifs is 1. The number of nitrogens with zero attached hydrogens (tertiary/aromatic N) is 3. The third-order valence-corrected chi connectivity index (χ3v) is 3.44. The van der Waals surface area contributed by atoms with E-state index in [0.29, 0.717) is 18.8 Å². The molecule has 2 heterocycles. The van der Waals surface area contributed by atoms with Gasteiger partial charge >= 0.3 is 0 Å². The lowest BCUT2D eigenvalue weighted by molar-refractivity contribution is 0.0683. The van der Waals surface area contributed by atoms with Gasteiger partial charge < -0.3 is 9.64 Å². The average molecular weight is 283 g/mol. The van der Waals surface area contributed by atoms with Crippen LogP contribution < -0.4 is 4.74 Å². The number of amides is 1. The van der Waals surface area contributed by atoms with Crippen molar-refractivity contribution in [2.75, 3.05) is 6.54 Å². The summed E-state index contributed by atoms with van der Waals surface area (Å²) in [5.74, 6) is 0.727. The highest BCUT2D eigenvalue weighted by Crippen LogP contribution is 2.25. The zero-order chi connectivity index (χ0) is 14.8. The molecule has 1 aliphatic rings. The minimum Gasteiger partial charge on any atom is -0.489 e. The van der Waals surface area contributed by atoms with Crippen LogP contribution in [0.4, 0.5) is 0 Å². The highest BCUT2D eigenvalue weighted by molar-refractivity contribution is 5.92. The minimum atomic E-state index is -0.116. The summed E-state index contributed by atoms with van der Waals surface area (Å²) >= 11 is 0. The van der Waals surface area contributed by atoms with Crippen LogP contribution in [-0.2, 0) is 6.54 Å². The van der Waals surface area contributed by atoms with Gasteiger partial charge in [0.05, 0.1) is 12.2 Å². The number of hydrogen-bond acceptors (Lipinski definition) is 4. The molecule has 1 aromatic heterocycles. The molecule has 1 aliphatic heterocycles. The highest BCUT2D eigenvalue weighted by Gasteiger charge is 2.25. The van der Waals surface area contributed by atoms with Crippen LogP contribution in [0, 0.1) is 6.92 Å². The Bertz CT molecular complexity index is 655. The number of ether oxygens (including phenoxy) is 1. The molecule has 0 aliphatic carbocycles. The van der Waals surface area contributed by atoms with Gasteiger partial charge in [0.15, 0.2) is 5.69 Å². The van der Waals surface area contributed by atoms with E-state index >= 15 is 0 Å². The summed E-state index contributed by atoms with van der Waals surface area (Å²) in [4.78, 5) is 14.3. The number of aromatic nitrogens is 2. The van der Waals surface area contributed by atoms with E-state index in [1.807, 2.05) is 38.1 Å². The fourth-order valence-electron chi connectivity index (χ4n) is 2.41. The fraction of sp³-hybridized carbons (Fsp3) is 0.312. The summed E-state index contributed by atoms with van der Waals surface area (Å²) in [6.07, 6.45) is -0.0593. The Morgan fingerprint density at radius 3 is 2.81 bits per heavy atom. The zero-order valence-electron chi connectivity index (χ0n) is 12.1. The van der Waals surface area contributed by atoms with Crippen molar-refractivity contribution < 1.29 is 9.53 Å². The van der Waals surface area contributed by atoms with Crippen LogP contribution in [0.25, 0.3) is 0 Å². The lowest BCUT2D eigenvalue weighted by Crippen LogP contribution is -2.36. The van der Waals surface area contributed by atoms with Gasteiger partial charge in [-0.05, 0) is 32.0 Å². The summed E-state index contributed by atoms with van der Waals surface area (Å²) in [7, 11) is 0. The smallest absolute Gasteiger partial charge is 0.274 e. The van der Waals surface area contributed by atoms with E-state index in [1.54, 1.807) is 17.0 Å². The average Bonchev–Trinajstić information content (AvgIpc) is 2.65. The predicted molar refractivity (Wildman–Crippen MR) is 78.0 cm³/mol. The van der Waals surface area contributed by atoms with Crippen LogP contribution in [-0.4, -0.2) is 33.7 Å². The molecule has 5 heteroatoms. The molecular weight excluding hydrogens is 266 g/mol. The maximum atomic E-state index is 12.6. The number of carbonyl (C=O) groups is 1. The van der Waals surface area contributed by atoms with E-state index in [1.165, 1.54) is 0 Å². The molecule has 0 spiro atoms. The topological polar surface area (TPSA) is 55.3 Å². The van der Waals surface area contributed by atoms with Crippen LogP contribution in [0.15, 0.2) is 36.4 Å². The molecule has 1 atom stereocenters. The van der Waals surface area contributed by atoms with Crippen molar-refractivity contribution in [3.05, 3.63) is 53.3 Å². The molecule has 108 valence electrons. The van der Waals surface area contributed by atoms with Crippen molar-refractivity contribution in [3.8, 4) is 5.75 Å². The predicted octanol–water partition coefficient (Wildman–Crippen LogP) is 2.21. The van der Waals surface area contributed by atoms with Gasteiger partial charge in [-0.25, -0.2) is 0 Å². The second kappa shape index (κ2) is 5.52. The molecule has 0 saturated carbocycles. The Morgan fingerprint density at radius 2 is 2.05 bits per heavy atom. The van der Waals surface area contributed by atoms with E-state index < -0.39 is 0 Å². The van der Waals surface area contributed by atoms with E-state index in [4.69, 9.17) is 4.74 Å². The molecule has 0 N–H and O–H groups in total. The minimum absolute atomic E-state index is 0.0593. The van der Waals surface area contributed by atoms with Crippen LogP contribution in [0.3, 0.4) is 0 Å². The molecule has 1 aromatic carbocycles. The number of aryl methyl sites for hydroxylation is 1. The molecule has 1 unspecified atom stereocenters. The first-order valence-electron chi connectivity index (χ1n) is 6.97. The number of rotatable bonds is 1. The van der Waals surface area contributed by atoms with Gasteiger partial charge in [0.25, 0.3) is 5.91 Å². The Labute approximate surface area is 123 Å². The number of para-hydroxylation sites is 1. The van der Waals surface area contributed by atoms with Crippen molar-refractivity contribution in [3.63, 3.8) is 0 Å². The van der Waals surface area contributed by atoms with Gasteiger partial charge in [-0.15, -0.1) is 5.10 Å². The molecule has 1 amide bonds. The lowest BCUT2D eigenvalue weighted by Gasteiger charge is -2.21. The first-order chi connectivity index (χ1) is 10.1. The summed E-state index contributed by atoms with van der Waals surface area (Å²) in [5, 5.41) is 7.94. The Hall–Kier alpha value is -2.43. The number of carbonyl (C=O) groups excluding carboxylic acids is 1. The van der Waals surface area contributed by atoms with Gasteiger partial charge in [0.1, 0.15) is 11.9 Å². The van der Waals surface area contributed by atoms with Gasteiger partial charge in [-0.1, -0.05) is 18.2 Å². The molecule has 0 radical (unpaired) electrons. The van der Waals surface area contributed by atoms with Crippen molar-refractivity contribution in [1.29, 1.82) is 0 Å². The second-order valence-electron chi connectivity index (χ2n) is 5.28. The lowest BCUT2D eigenvalue weighted by atomic mass is 10.2. The first-order valence-corrected chi connectivity index (χ1v) is 6.97. The largest absolute Gasteiger partial charge is 0.489 e. The fourth-order valence-corrected chi connectivity index (χ4v) is 2.41. The molecule has 0 fully saturated rings. The van der Waals surface area contributed by atoms with Crippen LogP contribution in [0.2, 0.25) is 0 Å². The van der Waals surface area contributed by atoms with Crippen LogP contribution in [0.1, 0.15) is 28.7 Å². The summed E-state index contributed by atoms with van der Waals surface area (Å²) in [6, 6.07) is 11.3. The molecule has 0 bridgehead atoms. The highest BCUT2D eigenvalue weighted by atomic mass is 16.5. The number of benzene rings is 1. The Morgan fingerprint density at radius 1 is 1.24 bits per heavy atom. The second-order valence-corrected chi connectivity index (χ2v) is 5.28. The van der Waals surface area contributed by atoms with E-state index in [9.17, 15) is 4.79 Å². The first kappa shape index (κ1) is 13.5. The van der Waals surface area contributed by atoms with Crippen molar-refractivity contribution in [2.45, 2.75) is 26.5 Å². The molecule has 21 heavy (non-hydrogen) atoms. The molecule has 3 rings (SSSR count). The van der Waals surface area contributed by atoms with Crippen LogP contribution in [0.5, 0.6) is 5.75 Å². The van der Waals surface area contributed by atoms with Gasteiger partial charge in [0.2, 0.25) is 0 Å². The summed E-state index contributed by atoms with van der Waals surface area (Å²) in [5.41, 5.74) is 2.17. The van der Waals surface area contributed by atoms with Gasteiger partial charge in [-0.2, -0.15) is 5.10 Å². The summed E-state index contributed by atoms with van der Waals surface area (Å²) in [6.45, 7) is 4.86. The van der Waals surface area contributed by atoms with E-state index in [-0.39, 0.29) is 12.0 Å². The van der Waals surface area contributed by atoms with Gasteiger partial charge in [0, 0.05) is 12.1 Å². The van der Waals surface area contributed by atoms with E-state index in [2.05, 4.69) is 10.2 Å².